The van der Waals surface area contributed by atoms with E-state index in [1.165, 1.54) is 21.7 Å². The Hall–Kier alpha value is -5.82. The van der Waals surface area contributed by atoms with Crippen molar-refractivity contribution in [2.45, 2.75) is 77.7 Å². The van der Waals surface area contributed by atoms with Gasteiger partial charge in [-0.3, -0.25) is 9.97 Å². The highest BCUT2D eigenvalue weighted by atomic mass is 16.5. The molecule has 0 bridgehead atoms. The molecule has 5 heterocycles. The predicted molar refractivity (Wildman–Crippen MR) is 216 cm³/mol. The van der Waals surface area contributed by atoms with Crippen molar-refractivity contribution in [2.24, 2.45) is 9.98 Å². The zero-order valence-electron chi connectivity index (χ0n) is 31.5. The lowest BCUT2D eigenvalue weighted by atomic mass is 9.87. The third-order valence-corrected chi connectivity index (χ3v) is 11.8. The van der Waals surface area contributed by atoms with Crippen LogP contribution in [0.25, 0.3) is 60.5 Å². The van der Waals surface area contributed by atoms with Gasteiger partial charge in [-0.05, 0) is 108 Å². The molecular formula is C46H43N5O2. The Morgan fingerprint density at radius 1 is 0.491 bits per heavy atom. The van der Waals surface area contributed by atoms with Gasteiger partial charge in [-0.1, -0.05) is 66.7 Å². The molecule has 0 N–H and O–H groups in total. The second kappa shape index (κ2) is 11.3. The zero-order valence-corrected chi connectivity index (χ0v) is 31.5. The van der Waals surface area contributed by atoms with E-state index in [-0.39, 0.29) is 11.1 Å². The Labute approximate surface area is 310 Å². The normalized spacial score (nSPS) is 18.2. The largest absolute Gasteiger partial charge is 0.468 e. The summed E-state index contributed by atoms with van der Waals surface area (Å²) in [5.74, 6) is 1.19. The summed E-state index contributed by atoms with van der Waals surface area (Å²) < 4.78 is 14.8. The number of rotatable bonds is 5. The van der Waals surface area contributed by atoms with Crippen molar-refractivity contribution in [3.63, 3.8) is 0 Å². The molecule has 0 aliphatic carbocycles. The van der Waals surface area contributed by atoms with Gasteiger partial charge in [0.2, 0.25) is 11.8 Å². The van der Waals surface area contributed by atoms with Crippen LogP contribution in [0.15, 0.2) is 126 Å². The van der Waals surface area contributed by atoms with Crippen LogP contribution in [0.2, 0.25) is 0 Å². The molecule has 4 aromatic carbocycles. The van der Waals surface area contributed by atoms with Crippen molar-refractivity contribution < 1.29 is 9.47 Å². The summed E-state index contributed by atoms with van der Waals surface area (Å²) in [7, 11) is 0. The smallest absolute Gasteiger partial charge is 0.236 e. The first-order chi connectivity index (χ1) is 25.2. The fourth-order valence-electron chi connectivity index (χ4n) is 7.20. The van der Waals surface area contributed by atoms with Crippen molar-refractivity contribution in [2.75, 3.05) is 0 Å². The van der Waals surface area contributed by atoms with Crippen molar-refractivity contribution in [3.8, 4) is 27.9 Å². The standard InChI is InChI=1S/C46H43N5O2/c1-43(2)45(5,6)52-41(49-43)37-22-17-31(26-47-37)28-14-19-34-30(24-28)16-21-36-35-20-15-29(25-39(35)51(40(34)36)33-12-10-9-11-13-33)32-18-23-38(48-27-32)42-50-44(3,4)46(7,8)53-42/h9-27H,1-8H3. The van der Waals surface area contributed by atoms with E-state index in [1.54, 1.807) is 0 Å². The number of ether oxygens (including phenoxy) is 2. The summed E-state index contributed by atoms with van der Waals surface area (Å²) in [4.78, 5) is 19.3. The lowest BCUT2D eigenvalue weighted by Crippen LogP contribution is -2.41. The molecule has 7 aromatic rings. The average molecular weight is 698 g/mol. The molecule has 0 unspecified atom stereocenters. The molecule has 0 fully saturated rings. The van der Waals surface area contributed by atoms with Gasteiger partial charge in [0, 0.05) is 45.4 Å². The molecule has 0 atom stereocenters. The molecule has 7 heteroatoms. The van der Waals surface area contributed by atoms with Crippen LogP contribution in [0.5, 0.6) is 0 Å². The van der Waals surface area contributed by atoms with Crippen LogP contribution in [-0.4, -0.2) is 48.6 Å². The number of aliphatic imine (C=N–C) groups is 2. The minimum atomic E-state index is -0.399. The fraction of sp³-hybridized carbons (Fsp3) is 0.261. The molecular weight excluding hydrogens is 655 g/mol. The van der Waals surface area contributed by atoms with Crippen LogP contribution in [0, 0.1) is 0 Å². The second-order valence-electron chi connectivity index (χ2n) is 16.3. The second-order valence-corrected chi connectivity index (χ2v) is 16.3. The highest BCUT2D eigenvalue weighted by molar-refractivity contribution is 6.19. The Bertz CT molecular complexity index is 2650. The van der Waals surface area contributed by atoms with E-state index in [0.29, 0.717) is 11.8 Å². The van der Waals surface area contributed by atoms with Gasteiger partial charge in [0.1, 0.15) is 22.6 Å². The third-order valence-electron chi connectivity index (χ3n) is 11.8. The average Bonchev–Trinajstić information content (AvgIpc) is 3.68. The maximum Gasteiger partial charge on any atom is 0.236 e. The number of nitrogens with zero attached hydrogens (tertiary/aromatic N) is 5. The number of pyridine rings is 2. The first-order valence-corrected chi connectivity index (χ1v) is 18.3. The third kappa shape index (κ3) is 5.24. The first kappa shape index (κ1) is 33.0. The minimum Gasteiger partial charge on any atom is -0.468 e. The van der Waals surface area contributed by atoms with E-state index < -0.39 is 11.2 Å². The Balaban J connectivity index is 1.11. The summed E-state index contributed by atoms with van der Waals surface area (Å²) in [6.07, 6.45) is 3.84. The molecule has 3 aromatic heterocycles. The summed E-state index contributed by atoms with van der Waals surface area (Å²) in [5.41, 5.74) is 7.75. The summed E-state index contributed by atoms with van der Waals surface area (Å²) in [5, 5.41) is 4.75. The molecule has 0 spiro atoms. The van der Waals surface area contributed by atoms with E-state index >= 15 is 0 Å². The minimum absolute atomic E-state index is 0.324. The summed E-state index contributed by atoms with van der Waals surface area (Å²) in [6, 6.07) is 36.7. The van der Waals surface area contributed by atoms with Crippen LogP contribution in [0.3, 0.4) is 0 Å². The van der Waals surface area contributed by atoms with Crippen LogP contribution in [0.1, 0.15) is 66.8 Å². The summed E-state index contributed by atoms with van der Waals surface area (Å²) in [6.45, 7) is 16.7. The number of benzene rings is 4. The van der Waals surface area contributed by atoms with Crippen molar-refractivity contribution in [3.05, 3.63) is 127 Å². The molecule has 0 saturated heterocycles. The Morgan fingerprint density at radius 3 is 1.51 bits per heavy atom. The number of hydrogen-bond acceptors (Lipinski definition) is 6. The van der Waals surface area contributed by atoms with Crippen molar-refractivity contribution >= 4 is 44.4 Å². The molecule has 9 rings (SSSR count). The van der Waals surface area contributed by atoms with E-state index in [4.69, 9.17) is 29.4 Å². The number of aromatic nitrogens is 3. The molecule has 2 aliphatic rings. The van der Waals surface area contributed by atoms with Crippen LogP contribution in [0.4, 0.5) is 0 Å². The lowest BCUT2D eigenvalue weighted by Gasteiger charge is -2.30. The highest BCUT2D eigenvalue weighted by Crippen LogP contribution is 2.41. The van der Waals surface area contributed by atoms with E-state index in [1.807, 2.05) is 24.5 Å². The maximum atomic E-state index is 6.23. The SMILES string of the molecule is CC1(C)N=C(c2ccc(-c3ccc4c(ccc5c6ccc(-c7ccc(C8=NC(C)(C)C(C)(C)O8)nc7)cc6n(-c6ccccc6)c45)c3)cn2)OC1(C)C. The molecule has 264 valence electrons. The Kier molecular flexibility index (Phi) is 7.07. The van der Waals surface area contributed by atoms with Crippen molar-refractivity contribution in [1.29, 1.82) is 0 Å². The predicted octanol–water partition coefficient (Wildman–Crippen LogP) is 10.7. The van der Waals surface area contributed by atoms with Gasteiger partial charge in [-0.15, -0.1) is 0 Å². The molecule has 7 nitrogen and oxygen atoms in total. The maximum absolute atomic E-state index is 6.23. The van der Waals surface area contributed by atoms with Gasteiger partial charge in [0.05, 0.1) is 22.1 Å². The van der Waals surface area contributed by atoms with E-state index in [9.17, 15) is 0 Å². The van der Waals surface area contributed by atoms with Gasteiger partial charge >= 0.3 is 0 Å². The monoisotopic (exact) mass is 697 g/mol. The molecule has 0 saturated carbocycles. The zero-order chi connectivity index (χ0) is 36.9. The van der Waals surface area contributed by atoms with Gasteiger partial charge in [0.15, 0.2) is 0 Å². The van der Waals surface area contributed by atoms with Crippen LogP contribution in [-0.2, 0) is 9.47 Å². The topological polar surface area (TPSA) is 73.9 Å². The van der Waals surface area contributed by atoms with Gasteiger partial charge < -0.3 is 14.0 Å². The number of hydrogen-bond donors (Lipinski definition) is 0. The van der Waals surface area contributed by atoms with Crippen LogP contribution >= 0.6 is 0 Å². The van der Waals surface area contributed by atoms with E-state index in [2.05, 4.69) is 151 Å². The van der Waals surface area contributed by atoms with E-state index in [0.717, 1.165) is 50.2 Å². The highest BCUT2D eigenvalue weighted by Gasteiger charge is 2.46. The number of fused-ring (bicyclic) bond motifs is 5. The lowest BCUT2D eigenvalue weighted by molar-refractivity contribution is 0.0616. The van der Waals surface area contributed by atoms with Crippen molar-refractivity contribution in [1.82, 2.24) is 14.5 Å². The molecule has 2 aliphatic heterocycles. The first-order valence-electron chi connectivity index (χ1n) is 18.3. The molecule has 0 amide bonds. The van der Waals surface area contributed by atoms with Gasteiger partial charge in [-0.25, -0.2) is 9.98 Å². The van der Waals surface area contributed by atoms with Crippen LogP contribution < -0.4 is 0 Å². The molecule has 53 heavy (non-hydrogen) atoms. The fourth-order valence-corrected chi connectivity index (χ4v) is 7.20. The number of para-hydroxylation sites is 1. The molecule has 0 radical (unpaired) electrons. The van der Waals surface area contributed by atoms with Gasteiger partial charge in [0.25, 0.3) is 0 Å². The Morgan fingerprint density at radius 2 is 1.00 bits per heavy atom. The summed E-state index contributed by atoms with van der Waals surface area (Å²) >= 11 is 0. The quantitative estimate of drug-likeness (QED) is 0.179. The van der Waals surface area contributed by atoms with Gasteiger partial charge in [-0.2, -0.15) is 0 Å².